The molecule has 1 atom stereocenters. The first kappa shape index (κ1) is 16.0. The van der Waals surface area contributed by atoms with E-state index in [0.717, 1.165) is 18.0 Å². The van der Waals surface area contributed by atoms with Crippen LogP contribution in [0.3, 0.4) is 0 Å². The SMILES string of the molecule is CCn1cc(N2C[C@@H](C(=O)Nc3ccc(OC)cc3)CC2=O)cn1. The second-order valence-electron chi connectivity index (χ2n) is 5.68. The van der Waals surface area contributed by atoms with Gasteiger partial charge in [-0.15, -0.1) is 0 Å². The summed E-state index contributed by atoms with van der Waals surface area (Å²) in [6.45, 7) is 3.09. The first-order chi connectivity index (χ1) is 11.6. The van der Waals surface area contributed by atoms with Crippen LogP contribution in [0.1, 0.15) is 13.3 Å². The number of amides is 2. The van der Waals surface area contributed by atoms with E-state index < -0.39 is 0 Å². The van der Waals surface area contributed by atoms with Crippen molar-refractivity contribution in [2.45, 2.75) is 19.9 Å². The molecule has 0 saturated carbocycles. The summed E-state index contributed by atoms with van der Waals surface area (Å²) in [5.41, 5.74) is 1.42. The molecule has 2 aromatic rings. The molecule has 24 heavy (non-hydrogen) atoms. The molecular weight excluding hydrogens is 308 g/mol. The number of carbonyl (C=O) groups is 2. The number of methoxy groups -OCH3 is 1. The Morgan fingerprint density at radius 1 is 1.38 bits per heavy atom. The number of anilines is 2. The minimum Gasteiger partial charge on any atom is -0.497 e. The fourth-order valence-corrected chi connectivity index (χ4v) is 2.72. The molecule has 1 saturated heterocycles. The van der Waals surface area contributed by atoms with Crippen molar-refractivity contribution < 1.29 is 14.3 Å². The predicted molar refractivity (Wildman–Crippen MR) is 90.0 cm³/mol. The number of carbonyl (C=O) groups excluding carboxylic acids is 2. The monoisotopic (exact) mass is 328 g/mol. The van der Waals surface area contributed by atoms with Gasteiger partial charge in [-0.3, -0.25) is 14.3 Å². The molecule has 0 aliphatic carbocycles. The summed E-state index contributed by atoms with van der Waals surface area (Å²) in [6.07, 6.45) is 3.69. The Kier molecular flexibility index (Phi) is 4.50. The average molecular weight is 328 g/mol. The van der Waals surface area contributed by atoms with Crippen LogP contribution in [0.5, 0.6) is 5.75 Å². The first-order valence-corrected chi connectivity index (χ1v) is 7.88. The van der Waals surface area contributed by atoms with Gasteiger partial charge in [-0.05, 0) is 31.2 Å². The molecule has 0 bridgehead atoms. The topological polar surface area (TPSA) is 76.5 Å². The van der Waals surface area contributed by atoms with Crippen molar-refractivity contribution in [2.24, 2.45) is 5.92 Å². The summed E-state index contributed by atoms with van der Waals surface area (Å²) in [6, 6.07) is 7.11. The summed E-state index contributed by atoms with van der Waals surface area (Å²) >= 11 is 0. The summed E-state index contributed by atoms with van der Waals surface area (Å²) in [5.74, 6) is 0.146. The van der Waals surface area contributed by atoms with Gasteiger partial charge in [-0.2, -0.15) is 5.10 Å². The van der Waals surface area contributed by atoms with Gasteiger partial charge in [0.2, 0.25) is 11.8 Å². The molecule has 1 aromatic heterocycles. The second kappa shape index (κ2) is 6.74. The number of hydrogen-bond donors (Lipinski definition) is 1. The maximum absolute atomic E-state index is 12.4. The summed E-state index contributed by atoms with van der Waals surface area (Å²) in [4.78, 5) is 26.2. The van der Waals surface area contributed by atoms with Crippen molar-refractivity contribution in [1.82, 2.24) is 9.78 Å². The summed E-state index contributed by atoms with van der Waals surface area (Å²) < 4.78 is 6.85. The zero-order valence-electron chi connectivity index (χ0n) is 13.7. The Hall–Kier alpha value is -2.83. The molecule has 7 heteroatoms. The fraction of sp³-hybridized carbons (Fsp3) is 0.353. The van der Waals surface area contributed by atoms with E-state index in [0.29, 0.717) is 12.2 Å². The molecule has 2 heterocycles. The van der Waals surface area contributed by atoms with Gasteiger partial charge < -0.3 is 15.0 Å². The fourth-order valence-electron chi connectivity index (χ4n) is 2.72. The van der Waals surface area contributed by atoms with Gasteiger partial charge in [0.25, 0.3) is 0 Å². The lowest BCUT2D eigenvalue weighted by molar-refractivity contribution is -0.122. The lowest BCUT2D eigenvalue weighted by Gasteiger charge is -2.14. The smallest absolute Gasteiger partial charge is 0.229 e. The largest absolute Gasteiger partial charge is 0.497 e. The van der Waals surface area contributed by atoms with E-state index in [-0.39, 0.29) is 24.2 Å². The lowest BCUT2D eigenvalue weighted by atomic mass is 10.1. The normalized spacial score (nSPS) is 17.2. The van der Waals surface area contributed by atoms with Crippen LogP contribution < -0.4 is 15.0 Å². The van der Waals surface area contributed by atoms with E-state index in [1.807, 2.05) is 13.1 Å². The van der Waals surface area contributed by atoms with E-state index in [1.165, 1.54) is 0 Å². The van der Waals surface area contributed by atoms with Crippen LogP contribution in [0.25, 0.3) is 0 Å². The molecule has 1 fully saturated rings. The Morgan fingerprint density at radius 3 is 2.75 bits per heavy atom. The molecule has 2 amide bonds. The number of benzene rings is 1. The third kappa shape index (κ3) is 3.24. The van der Waals surface area contributed by atoms with E-state index in [1.54, 1.807) is 47.2 Å². The molecule has 0 radical (unpaired) electrons. The van der Waals surface area contributed by atoms with Crippen LogP contribution in [0.2, 0.25) is 0 Å². The molecule has 7 nitrogen and oxygen atoms in total. The minimum atomic E-state index is -0.371. The van der Waals surface area contributed by atoms with Gasteiger partial charge in [0, 0.05) is 31.4 Å². The highest BCUT2D eigenvalue weighted by Crippen LogP contribution is 2.26. The first-order valence-electron chi connectivity index (χ1n) is 7.88. The van der Waals surface area contributed by atoms with Crippen LogP contribution in [-0.4, -0.2) is 35.2 Å². The van der Waals surface area contributed by atoms with E-state index in [2.05, 4.69) is 10.4 Å². The highest BCUT2D eigenvalue weighted by molar-refractivity contribution is 6.03. The Bertz CT molecular complexity index is 739. The van der Waals surface area contributed by atoms with Gasteiger partial charge in [-0.25, -0.2) is 0 Å². The Labute approximate surface area is 140 Å². The van der Waals surface area contributed by atoms with E-state index in [4.69, 9.17) is 4.74 Å². The standard InChI is InChI=1S/C17H20N4O3/c1-3-20-11-14(9-18-20)21-10-12(8-16(21)22)17(23)19-13-4-6-15(24-2)7-5-13/h4-7,9,11-12H,3,8,10H2,1-2H3,(H,19,23)/t12-/m0/s1. The van der Waals surface area contributed by atoms with Crippen molar-refractivity contribution in [2.75, 3.05) is 23.9 Å². The van der Waals surface area contributed by atoms with Crippen molar-refractivity contribution in [1.29, 1.82) is 0 Å². The lowest BCUT2D eigenvalue weighted by Crippen LogP contribution is -2.27. The Morgan fingerprint density at radius 2 is 2.12 bits per heavy atom. The number of aryl methyl sites for hydroxylation is 1. The zero-order valence-corrected chi connectivity index (χ0v) is 13.7. The van der Waals surface area contributed by atoms with Crippen molar-refractivity contribution in [3.8, 4) is 5.75 Å². The van der Waals surface area contributed by atoms with Gasteiger partial charge >= 0.3 is 0 Å². The summed E-state index contributed by atoms with van der Waals surface area (Å²) in [5, 5.41) is 7.03. The molecule has 0 unspecified atom stereocenters. The third-order valence-corrected chi connectivity index (χ3v) is 4.11. The number of ether oxygens (including phenoxy) is 1. The molecule has 126 valence electrons. The van der Waals surface area contributed by atoms with Gasteiger partial charge in [0.1, 0.15) is 5.75 Å². The predicted octanol–water partition coefficient (Wildman–Crippen LogP) is 1.90. The number of nitrogens with zero attached hydrogens (tertiary/aromatic N) is 3. The summed E-state index contributed by atoms with van der Waals surface area (Å²) in [7, 11) is 1.59. The maximum atomic E-state index is 12.4. The molecular formula is C17H20N4O3. The second-order valence-corrected chi connectivity index (χ2v) is 5.68. The molecule has 1 N–H and O–H groups in total. The Balaban J connectivity index is 1.64. The minimum absolute atomic E-state index is 0.0551. The molecule has 1 aliphatic heterocycles. The molecule has 1 aliphatic rings. The van der Waals surface area contributed by atoms with E-state index >= 15 is 0 Å². The highest BCUT2D eigenvalue weighted by Gasteiger charge is 2.35. The van der Waals surface area contributed by atoms with Crippen molar-refractivity contribution in [3.05, 3.63) is 36.7 Å². The third-order valence-electron chi connectivity index (χ3n) is 4.11. The molecule has 3 rings (SSSR count). The van der Waals surface area contributed by atoms with Crippen LogP contribution in [0.15, 0.2) is 36.7 Å². The number of nitrogens with one attached hydrogen (secondary N) is 1. The van der Waals surface area contributed by atoms with E-state index in [9.17, 15) is 9.59 Å². The highest BCUT2D eigenvalue weighted by atomic mass is 16.5. The van der Waals surface area contributed by atoms with Gasteiger partial charge in [0.15, 0.2) is 0 Å². The van der Waals surface area contributed by atoms with Crippen LogP contribution >= 0.6 is 0 Å². The van der Waals surface area contributed by atoms with Gasteiger partial charge in [0.05, 0.1) is 24.9 Å². The van der Waals surface area contributed by atoms with Crippen molar-refractivity contribution in [3.63, 3.8) is 0 Å². The van der Waals surface area contributed by atoms with Crippen LogP contribution in [-0.2, 0) is 16.1 Å². The number of rotatable bonds is 5. The molecule has 1 aromatic carbocycles. The van der Waals surface area contributed by atoms with Crippen LogP contribution in [0.4, 0.5) is 11.4 Å². The molecule has 0 spiro atoms. The zero-order chi connectivity index (χ0) is 17.1. The number of hydrogen-bond acceptors (Lipinski definition) is 4. The maximum Gasteiger partial charge on any atom is 0.229 e. The van der Waals surface area contributed by atoms with Crippen LogP contribution in [0, 0.1) is 5.92 Å². The quantitative estimate of drug-likeness (QED) is 0.909. The number of aromatic nitrogens is 2. The van der Waals surface area contributed by atoms with Gasteiger partial charge in [-0.1, -0.05) is 0 Å². The average Bonchev–Trinajstić information content (AvgIpc) is 3.21. The van der Waals surface area contributed by atoms with Crippen molar-refractivity contribution >= 4 is 23.2 Å².